The van der Waals surface area contributed by atoms with E-state index in [4.69, 9.17) is 15.2 Å². The Kier molecular flexibility index (Phi) is 4.99. The molecule has 0 spiro atoms. The molecule has 1 aliphatic rings. The molecule has 1 rings (SSSR count). The Bertz CT molecular complexity index is 181. The summed E-state index contributed by atoms with van der Waals surface area (Å²) in [6, 6.07) is 0. The maximum atomic E-state index is 5.90. The third-order valence-electron chi connectivity index (χ3n) is 3.55. The molecule has 0 aromatic heterocycles. The smallest absolute Gasteiger partial charge is 0.0607 e. The predicted octanol–water partition coefficient (Wildman–Crippen LogP) is 0.461. The molecule has 1 fully saturated rings. The third-order valence-corrected chi connectivity index (χ3v) is 3.55. The second kappa shape index (κ2) is 5.80. The van der Waals surface area contributed by atoms with E-state index in [-0.39, 0.29) is 5.54 Å². The van der Waals surface area contributed by atoms with E-state index in [0.29, 0.717) is 12.6 Å². The molecule has 0 aromatic rings. The van der Waals surface area contributed by atoms with E-state index in [1.807, 2.05) is 0 Å². The first-order chi connectivity index (χ1) is 7.22. The van der Waals surface area contributed by atoms with Crippen molar-refractivity contribution in [2.75, 3.05) is 40.5 Å². The molecular weight excluding hydrogens is 192 g/mol. The first-order valence-corrected chi connectivity index (χ1v) is 5.69. The summed E-state index contributed by atoms with van der Waals surface area (Å²) in [5.74, 6) is 0. The van der Waals surface area contributed by atoms with Crippen LogP contribution in [0.3, 0.4) is 0 Å². The molecular formula is C11H24N2O2. The summed E-state index contributed by atoms with van der Waals surface area (Å²) >= 11 is 0. The van der Waals surface area contributed by atoms with Gasteiger partial charge in [-0.15, -0.1) is 0 Å². The van der Waals surface area contributed by atoms with Crippen molar-refractivity contribution in [3.05, 3.63) is 0 Å². The zero-order chi connectivity index (χ0) is 11.3. The van der Waals surface area contributed by atoms with Crippen LogP contribution in [0.25, 0.3) is 0 Å². The maximum Gasteiger partial charge on any atom is 0.0607 e. The van der Waals surface area contributed by atoms with Crippen molar-refractivity contribution >= 4 is 0 Å². The van der Waals surface area contributed by atoms with Crippen LogP contribution in [0.5, 0.6) is 0 Å². The molecule has 4 nitrogen and oxygen atoms in total. The standard InChI is InChI=1S/C11H24N2O2/c1-4-13(5-6-14-2)11(9-12)7-10(8-11)15-3/h10H,4-9,12H2,1-3H3. The molecule has 0 amide bonds. The van der Waals surface area contributed by atoms with Gasteiger partial charge in [0, 0.05) is 32.8 Å². The number of rotatable bonds is 7. The van der Waals surface area contributed by atoms with E-state index in [1.54, 1.807) is 14.2 Å². The molecule has 0 aliphatic heterocycles. The molecule has 0 saturated heterocycles. The Morgan fingerprint density at radius 3 is 2.47 bits per heavy atom. The minimum Gasteiger partial charge on any atom is -0.383 e. The van der Waals surface area contributed by atoms with Crippen LogP contribution in [0.2, 0.25) is 0 Å². The fourth-order valence-electron chi connectivity index (χ4n) is 2.44. The van der Waals surface area contributed by atoms with Crippen molar-refractivity contribution in [1.82, 2.24) is 4.90 Å². The fourth-order valence-corrected chi connectivity index (χ4v) is 2.44. The van der Waals surface area contributed by atoms with Gasteiger partial charge in [0.1, 0.15) is 0 Å². The van der Waals surface area contributed by atoms with Gasteiger partial charge in [-0.05, 0) is 19.4 Å². The summed E-state index contributed by atoms with van der Waals surface area (Å²) in [5, 5.41) is 0. The van der Waals surface area contributed by atoms with Gasteiger partial charge in [-0.3, -0.25) is 4.90 Å². The summed E-state index contributed by atoms with van der Waals surface area (Å²) in [6.45, 7) is 5.64. The van der Waals surface area contributed by atoms with Gasteiger partial charge >= 0.3 is 0 Å². The number of nitrogens with zero attached hydrogens (tertiary/aromatic N) is 1. The van der Waals surface area contributed by atoms with Crippen molar-refractivity contribution in [3.8, 4) is 0 Å². The van der Waals surface area contributed by atoms with Crippen molar-refractivity contribution in [2.45, 2.75) is 31.4 Å². The zero-order valence-electron chi connectivity index (χ0n) is 10.2. The van der Waals surface area contributed by atoms with E-state index in [1.165, 1.54) is 0 Å². The summed E-state index contributed by atoms with van der Waals surface area (Å²) in [7, 11) is 3.51. The van der Waals surface area contributed by atoms with Crippen LogP contribution >= 0.6 is 0 Å². The van der Waals surface area contributed by atoms with Gasteiger partial charge in [-0.2, -0.15) is 0 Å². The van der Waals surface area contributed by atoms with Crippen molar-refractivity contribution in [2.24, 2.45) is 5.73 Å². The van der Waals surface area contributed by atoms with E-state index in [2.05, 4.69) is 11.8 Å². The van der Waals surface area contributed by atoms with Gasteiger partial charge in [0.05, 0.1) is 12.7 Å². The average Bonchev–Trinajstić information content (AvgIpc) is 2.21. The van der Waals surface area contributed by atoms with Gasteiger partial charge in [-0.25, -0.2) is 0 Å². The van der Waals surface area contributed by atoms with E-state index in [0.717, 1.165) is 32.5 Å². The lowest BCUT2D eigenvalue weighted by atomic mass is 9.72. The van der Waals surface area contributed by atoms with Gasteiger partial charge in [-0.1, -0.05) is 6.92 Å². The fraction of sp³-hybridized carbons (Fsp3) is 1.00. The highest BCUT2D eigenvalue weighted by Crippen LogP contribution is 2.38. The monoisotopic (exact) mass is 216 g/mol. The molecule has 90 valence electrons. The molecule has 1 saturated carbocycles. The molecule has 0 aromatic carbocycles. The Morgan fingerprint density at radius 1 is 1.40 bits per heavy atom. The molecule has 0 atom stereocenters. The number of methoxy groups -OCH3 is 2. The minimum atomic E-state index is 0.161. The third kappa shape index (κ3) is 2.69. The average molecular weight is 216 g/mol. The lowest BCUT2D eigenvalue weighted by Crippen LogP contribution is -2.64. The molecule has 0 heterocycles. The molecule has 2 N–H and O–H groups in total. The van der Waals surface area contributed by atoms with Crippen LogP contribution in [-0.2, 0) is 9.47 Å². The van der Waals surface area contributed by atoms with Crippen LogP contribution in [0.15, 0.2) is 0 Å². The molecule has 0 radical (unpaired) electrons. The van der Waals surface area contributed by atoms with E-state index in [9.17, 15) is 0 Å². The Hall–Kier alpha value is -0.160. The number of hydrogen-bond donors (Lipinski definition) is 1. The van der Waals surface area contributed by atoms with Crippen LogP contribution < -0.4 is 5.73 Å². The van der Waals surface area contributed by atoms with E-state index >= 15 is 0 Å². The van der Waals surface area contributed by atoms with Gasteiger partial charge in [0.25, 0.3) is 0 Å². The normalized spacial score (nSPS) is 30.6. The van der Waals surface area contributed by atoms with Crippen LogP contribution in [-0.4, -0.2) is 57.0 Å². The second-order valence-corrected chi connectivity index (χ2v) is 4.27. The zero-order valence-corrected chi connectivity index (χ0v) is 10.2. The highest BCUT2D eigenvalue weighted by atomic mass is 16.5. The molecule has 0 unspecified atom stereocenters. The van der Waals surface area contributed by atoms with Gasteiger partial charge < -0.3 is 15.2 Å². The molecule has 4 heteroatoms. The first kappa shape index (κ1) is 12.9. The Morgan fingerprint density at radius 2 is 2.07 bits per heavy atom. The SMILES string of the molecule is CCN(CCOC)C1(CN)CC(OC)C1. The molecule has 1 aliphatic carbocycles. The van der Waals surface area contributed by atoms with Crippen molar-refractivity contribution in [1.29, 1.82) is 0 Å². The summed E-state index contributed by atoms with van der Waals surface area (Å²) < 4.78 is 10.5. The molecule has 15 heavy (non-hydrogen) atoms. The quantitative estimate of drug-likeness (QED) is 0.671. The number of likely N-dealkylation sites (N-methyl/N-ethyl adjacent to an activating group) is 1. The largest absolute Gasteiger partial charge is 0.383 e. The second-order valence-electron chi connectivity index (χ2n) is 4.27. The Balaban J connectivity index is 2.48. The van der Waals surface area contributed by atoms with E-state index < -0.39 is 0 Å². The minimum absolute atomic E-state index is 0.161. The van der Waals surface area contributed by atoms with Crippen molar-refractivity contribution in [3.63, 3.8) is 0 Å². The van der Waals surface area contributed by atoms with Gasteiger partial charge in [0.2, 0.25) is 0 Å². The summed E-state index contributed by atoms with van der Waals surface area (Å²) in [6.07, 6.45) is 2.50. The summed E-state index contributed by atoms with van der Waals surface area (Å²) in [5.41, 5.74) is 6.06. The highest BCUT2D eigenvalue weighted by molar-refractivity contribution is 5.04. The van der Waals surface area contributed by atoms with Gasteiger partial charge in [0.15, 0.2) is 0 Å². The van der Waals surface area contributed by atoms with Crippen LogP contribution in [0.1, 0.15) is 19.8 Å². The van der Waals surface area contributed by atoms with Crippen LogP contribution in [0, 0.1) is 0 Å². The lowest BCUT2D eigenvalue weighted by molar-refractivity contribution is -0.0899. The van der Waals surface area contributed by atoms with Crippen LogP contribution in [0.4, 0.5) is 0 Å². The first-order valence-electron chi connectivity index (χ1n) is 5.69. The van der Waals surface area contributed by atoms with Crippen molar-refractivity contribution < 1.29 is 9.47 Å². The Labute approximate surface area is 92.7 Å². The maximum absolute atomic E-state index is 5.90. The number of hydrogen-bond acceptors (Lipinski definition) is 4. The number of ether oxygens (including phenoxy) is 2. The lowest BCUT2D eigenvalue weighted by Gasteiger charge is -2.53. The number of nitrogens with two attached hydrogens (primary N) is 1. The summed E-state index contributed by atoms with van der Waals surface area (Å²) in [4.78, 5) is 2.42. The molecule has 0 bridgehead atoms. The predicted molar refractivity (Wildman–Crippen MR) is 60.9 cm³/mol. The topological polar surface area (TPSA) is 47.7 Å². The highest BCUT2D eigenvalue weighted by Gasteiger charge is 2.46.